The van der Waals surface area contributed by atoms with Crippen molar-refractivity contribution >= 4 is 23.2 Å². The van der Waals surface area contributed by atoms with Gasteiger partial charge in [-0.2, -0.15) is 0 Å². The third-order valence-electron chi connectivity index (χ3n) is 7.04. The maximum absolute atomic E-state index is 13.9. The molecule has 0 bridgehead atoms. The van der Waals surface area contributed by atoms with Crippen LogP contribution in [-0.2, 0) is 16.0 Å². The van der Waals surface area contributed by atoms with Crippen LogP contribution in [0.1, 0.15) is 45.2 Å². The minimum atomic E-state index is -0.483. The zero-order valence-electron chi connectivity index (χ0n) is 20.9. The van der Waals surface area contributed by atoms with Crippen molar-refractivity contribution in [2.24, 2.45) is 0 Å². The van der Waals surface area contributed by atoms with Gasteiger partial charge in [-0.15, -0.1) is 11.3 Å². The largest absolute Gasteiger partial charge is 0.491 e. The monoisotopic (exact) mass is 522 g/mol. The van der Waals surface area contributed by atoms with Crippen molar-refractivity contribution in [1.29, 1.82) is 0 Å². The van der Waals surface area contributed by atoms with Crippen molar-refractivity contribution in [3.05, 3.63) is 87.4 Å². The van der Waals surface area contributed by atoms with E-state index in [4.69, 9.17) is 9.47 Å². The van der Waals surface area contributed by atoms with Crippen LogP contribution in [0, 0.1) is 12.7 Å². The number of nitrogens with zero attached hydrogens (tertiary/aromatic N) is 2. The number of fused-ring (bicyclic) bond motifs is 1. The predicted molar refractivity (Wildman–Crippen MR) is 140 cm³/mol. The number of hydrogen-bond donors (Lipinski definition) is 0. The summed E-state index contributed by atoms with van der Waals surface area (Å²) in [5.41, 5.74) is 2.36. The lowest BCUT2D eigenvalue weighted by molar-refractivity contribution is -0.135. The molecular weight excluding hydrogens is 491 g/mol. The highest BCUT2D eigenvalue weighted by Gasteiger charge is 2.34. The number of carbonyl (C=O) groups excluding carboxylic acids is 2. The average Bonchev–Trinajstić information content (AvgIpc) is 3.59. The van der Waals surface area contributed by atoms with Gasteiger partial charge in [-0.05, 0) is 73.0 Å². The third kappa shape index (κ3) is 5.86. The van der Waals surface area contributed by atoms with Gasteiger partial charge in [0, 0.05) is 30.1 Å². The van der Waals surface area contributed by atoms with E-state index >= 15 is 0 Å². The fourth-order valence-corrected chi connectivity index (χ4v) is 6.00. The molecule has 2 aromatic carbocycles. The first kappa shape index (κ1) is 25.4. The topological polar surface area (TPSA) is 59.1 Å². The molecule has 0 radical (unpaired) electrons. The number of aryl methyl sites for hydroxylation is 1. The zero-order chi connectivity index (χ0) is 25.8. The van der Waals surface area contributed by atoms with Gasteiger partial charge in [0.05, 0.1) is 12.1 Å². The average molecular weight is 523 g/mol. The standard InChI is InChI=1S/C29H31FN2O4S/c1-20-6-2-3-10-26(20)36-19-25-24-12-15-37-27(24)11-13-32(25)28(33)18-31(17-23-9-5-14-35-23)29(34)21-7-4-8-22(30)16-21/h2-4,6-8,10,12,15-16,23,25H,5,9,11,13-14,17-19H2,1H3/t23-,25+/m1/s1. The number of carbonyl (C=O) groups is 2. The highest BCUT2D eigenvalue weighted by Crippen LogP contribution is 2.34. The first-order chi connectivity index (χ1) is 18.0. The molecule has 2 amide bonds. The van der Waals surface area contributed by atoms with E-state index in [-0.39, 0.29) is 36.1 Å². The summed E-state index contributed by atoms with van der Waals surface area (Å²) >= 11 is 1.70. The number of hydrogen-bond acceptors (Lipinski definition) is 5. The molecule has 6 nitrogen and oxygen atoms in total. The summed E-state index contributed by atoms with van der Waals surface area (Å²) in [5, 5.41) is 2.05. The van der Waals surface area contributed by atoms with E-state index in [1.54, 1.807) is 17.4 Å². The number of rotatable bonds is 8. The molecule has 0 unspecified atom stereocenters. The van der Waals surface area contributed by atoms with Crippen LogP contribution in [0.2, 0.25) is 0 Å². The van der Waals surface area contributed by atoms with E-state index in [1.807, 2.05) is 36.1 Å². The smallest absolute Gasteiger partial charge is 0.254 e. The molecule has 5 rings (SSSR count). The third-order valence-corrected chi connectivity index (χ3v) is 8.03. The molecular formula is C29H31FN2O4S. The summed E-state index contributed by atoms with van der Waals surface area (Å²) in [6.45, 7) is 3.71. The number of ether oxygens (including phenoxy) is 2. The molecule has 1 fully saturated rings. The second-order valence-corrected chi connectivity index (χ2v) is 10.6. The number of benzene rings is 2. The highest BCUT2D eigenvalue weighted by molar-refractivity contribution is 7.10. The molecule has 2 atom stereocenters. The van der Waals surface area contributed by atoms with Crippen LogP contribution in [0.25, 0.3) is 0 Å². The zero-order valence-corrected chi connectivity index (χ0v) is 21.7. The Morgan fingerprint density at radius 1 is 1.19 bits per heavy atom. The van der Waals surface area contributed by atoms with E-state index in [9.17, 15) is 14.0 Å². The van der Waals surface area contributed by atoms with Crippen molar-refractivity contribution in [3.63, 3.8) is 0 Å². The first-order valence-corrected chi connectivity index (χ1v) is 13.6. The van der Waals surface area contributed by atoms with E-state index in [1.165, 1.54) is 28.0 Å². The fraction of sp³-hybridized carbons (Fsp3) is 0.379. The van der Waals surface area contributed by atoms with Crippen molar-refractivity contribution in [1.82, 2.24) is 9.80 Å². The Hall–Kier alpha value is -3.23. The van der Waals surface area contributed by atoms with Crippen molar-refractivity contribution < 1.29 is 23.5 Å². The van der Waals surface area contributed by atoms with Gasteiger partial charge in [-0.3, -0.25) is 9.59 Å². The lowest BCUT2D eigenvalue weighted by Gasteiger charge is -2.37. The van der Waals surface area contributed by atoms with Gasteiger partial charge in [-0.25, -0.2) is 4.39 Å². The summed E-state index contributed by atoms with van der Waals surface area (Å²) in [5.74, 6) is -0.218. The minimum Gasteiger partial charge on any atom is -0.491 e. The Morgan fingerprint density at radius 2 is 2.05 bits per heavy atom. The van der Waals surface area contributed by atoms with Gasteiger partial charge in [0.2, 0.25) is 5.91 Å². The van der Waals surface area contributed by atoms with Crippen LogP contribution in [0.5, 0.6) is 5.75 Å². The molecule has 2 aliphatic rings. The van der Waals surface area contributed by atoms with Gasteiger partial charge in [-0.1, -0.05) is 24.3 Å². The maximum Gasteiger partial charge on any atom is 0.254 e. The van der Waals surface area contributed by atoms with E-state index < -0.39 is 5.82 Å². The Kier molecular flexibility index (Phi) is 7.86. The molecule has 1 saturated heterocycles. The maximum atomic E-state index is 13.9. The van der Waals surface area contributed by atoms with Crippen molar-refractivity contribution in [2.75, 3.05) is 32.8 Å². The molecule has 194 valence electrons. The quantitative estimate of drug-likeness (QED) is 0.417. The Labute approximate surface area is 220 Å². The van der Waals surface area contributed by atoms with E-state index in [0.717, 1.165) is 36.1 Å². The van der Waals surface area contributed by atoms with Gasteiger partial charge >= 0.3 is 0 Å². The molecule has 0 N–H and O–H groups in total. The Bertz CT molecular complexity index is 1260. The minimum absolute atomic E-state index is 0.102. The number of halogens is 1. The normalized spacial score (nSPS) is 18.9. The van der Waals surface area contributed by atoms with Crippen LogP contribution < -0.4 is 4.74 Å². The van der Waals surface area contributed by atoms with E-state index in [2.05, 4.69) is 11.4 Å². The van der Waals surface area contributed by atoms with Gasteiger partial charge in [0.25, 0.3) is 5.91 Å². The summed E-state index contributed by atoms with van der Waals surface area (Å²) in [7, 11) is 0. The lowest BCUT2D eigenvalue weighted by Crippen LogP contribution is -2.49. The highest BCUT2D eigenvalue weighted by atomic mass is 32.1. The first-order valence-electron chi connectivity index (χ1n) is 12.7. The van der Waals surface area contributed by atoms with Crippen LogP contribution in [0.15, 0.2) is 60.0 Å². The molecule has 3 heterocycles. The van der Waals surface area contributed by atoms with Gasteiger partial charge < -0.3 is 19.3 Å². The summed E-state index contributed by atoms with van der Waals surface area (Å²) < 4.78 is 25.8. The van der Waals surface area contributed by atoms with Crippen LogP contribution >= 0.6 is 11.3 Å². The summed E-state index contributed by atoms with van der Waals surface area (Å²) in [6, 6.07) is 15.2. The fourth-order valence-electron chi connectivity index (χ4n) is 5.07. The van der Waals surface area contributed by atoms with Crippen LogP contribution in [0.3, 0.4) is 0 Å². The molecule has 8 heteroatoms. The molecule has 0 aliphatic carbocycles. The second kappa shape index (κ2) is 11.4. The summed E-state index contributed by atoms with van der Waals surface area (Å²) in [6.07, 6.45) is 2.39. The van der Waals surface area contributed by atoms with Crippen LogP contribution in [0.4, 0.5) is 4.39 Å². The van der Waals surface area contributed by atoms with E-state index in [0.29, 0.717) is 26.3 Å². The molecule has 37 heavy (non-hydrogen) atoms. The molecule has 3 aromatic rings. The Morgan fingerprint density at radius 3 is 2.84 bits per heavy atom. The second-order valence-electron chi connectivity index (χ2n) is 9.56. The molecule has 2 aliphatic heterocycles. The molecule has 0 saturated carbocycles. The number of para-hydroxylation sites is 1. The molecule has 0 spiro atoms. The number of amides is 2. The Balaban J connectivity index is 1.36. The molecule has 1 aromatic heterocycles. The predicted octanol–water partition coefficient (Wildman–Crippen LogP) is 5.02. The lowest BCUT2D eigenvalue weighted by atomic mass is 10.00. The van der Waals surface area contributed by atoms with Crippen molar-refractivity contribution in [2.45, 2.75) is 38.3 Å². The van der Waals surface area contributed by atoms with Gasteiger partial charge in [0.15, 0.2) is 0 Å². The number of thiophene rings is 1. The van der Waals surface area contributed by atoms with Crippen molar-refractivity contribution in [3.8, 4) is 5.75 Å². The summed E-state index contributed by atoms with van der Waals surface area (Å²) in [4.78, 5) is 31.8. The van der Waals surface area contributed by atoms with Gasteiger partial charge in [0.1, 0.15) is 24.7 Å². The van der Waals surface area contributed by atoms with Crippen LogP contribution in [-0.4, -0.2) is 60.6 Å². The SMILES string of the molecule is Cc1ccccc1OC[C@H]1c2ccsc2CCN1C(=O)CN(C[C@H]1CCCO1)C(=O)c1cccc(F)c1.